The van der Waals surface area contributed by atoms with E-state index in [9.17, 15) is 9.90 Å². The van der Waals surface area contributed by atoms with Gasteiger partial charge in [0.2, 0.25) is 0 Å². The maximum Gasteiger partial charge on any atom is 0.311 e. The molecule has 1 atom stereocenters. The van der Waals surface area contributed by atoms with Crippen molar-refractivity contribution in [3.05, 3.63) is 69.7 Å². The van der Waals surface area contributed by atoms with E-state index < -0.39 is 11.9 Å². The van der Waals surface area contributed by atoms with E-state index in [1.54, 1.807) is 18.2 Å². The van der Waals surface area contributed by atoms with E-state index in [-0.39, 0.29) is 0 Å². The van der Waals surface area contributed by atoms with Crippen LogP contribution in [0.2, 0.25) is 5.02 Å². The molecule has 3 heteroatoms. The Labute approximate surface area is 124 Å². The third kappa shape index (κ3) is 3.20. The van der Waals surface area contributed by atoms with Crippen molar-refractivity contribution in [3.63, 3.8) is 0 Å². The molecule has 1 unspecified atom stereocenters. The molecule has 0 amide bonds. The third-order valence-corrected chi connectivity index (χ3v) is 3.84. The lowest BCUT2D eigenvalue weighted by Gasteiger charge is -2.16. The predicted molar refractivity (Wildman–Crippen MR) is 81.4 cm³/mol. The SMILES string of the molecule is Cc1cccc(C)c1CC(C(=O)O)c1cccc(Cl)c1. The molecular weight excluding hydrogens is 272 g/mol. The summed E-state index contributed by atoms with van der Waals surface area (Å²) in [7, 11) is 0. The standard InChI is InChI=1S/C17H17ClO2/c1-11-5-3-6-12(2)15(11)10-16(17(19)20)13-7-4-8-14(18)9-13/h3-9,16H,10H2,1-2H3,(H,19,20). The van der Waals surface area contributed by atoms with Crippen LogP contribution >= 0.6 is 11.6 Å². The highest BCUT2D eigenvalue weighted by Gasteiger charge is 2.22. The van der Waals surface area contributed by atoms with E-state index in [2.05, 4.69) is 0 Å². The second-order valence-corrected chi connectivity index (χ2v) is 5.46. The number of aliphatic carboxylic acids is 1. The molecule has 0 radical (unpaired) electrons. The van der Waals surface area contributed by atoms with Crippen LogP contribution in [0.25, 0.3) is 0 Å². The molecule has 104 valence electrons. The Kier molecular flexibility index (Phi) is 4.46. The molecule has 20 heavy (non-hydrogen) atoms. The zero-order valence-corrected chi connectivity index (χ0v) is 12.3. The van der Waals surface area contributed by atoms with Crippen LogP contribution in [0.15, 0.2) is 42.5 Å². The van der Waals surface area contributed by atoms with E-state index in [0.717, 1.165) is 22.3 Å². The molecule has 2 nitrogen and oxygen atoms in total. The third-order valence-electron chi connectivity index (χ3n) is 3.60. The first kappa shape index (κ1) is 14.6. The predicted octanol–water partition coefficient (Wildman–Crippen LogP) is 4.37. The van der Waals surface area contributed by atoms with Gasteiger partial charge >= 0.3 is 5.97 Å². The molecule has 0 aliphatic rings. The maximum absolute atomic E-state index is 11.6. The molecule has 0 bridgehead atoms. The molecule has 0 saturated heterocycles. The van der Waals surface area contributed by atoms with Gasteiger partial charge in [0.25, 0.3) is 0 Å². The summed E-state index contributed by atoms with van der Waals surface area (Å²) in [5.41, 5.74) is 4.09. The van der Waals surface area contributed by atoms with Gasteiger partial charge in [0.1, 0.15) is 0 Å². The van der Waals surface area contributed by atoms with Gasteiger partial charge in [-0.2, -0.15) is 0 Å². The van der Waals surface area contributed by atoms with Crippen molar-refractivity contribution in [2.75, 3.05) is 0 Å². The van der Waals surface area contributed by atoms with E-state index in [4.69, 9.17) is 11.6 Å². The molecule has 0 aromatic heterocycles. The minimum absolute atomic E-state index is 0.480. The fourth-order valence-corrected chi connectivity index (χ4v) is 2.64. The van der Waals surface area contributed by atoms with E-state index in [1.807, 2.05) is 38.1 Å². The van der Waals surface area contributed by atoms with Crippen LogP contribution in [-0.4, -0.2) is 11.1 Å². The van der Waals surface area contributed by atoms with Crippen LogP contribution in [0.1, 0.15) is 28.2 Å². The maximum atomic E-state index is 11.6. The van der Waals surface area contributed by atoms with Crippen molar-refractivity contribution >= 4 is 17.6 Å². The molecule has 2 rings (SSSR count). The summed E-state index contributed by atoms with van der Waals surface area (Å²) in [6, 6.07) is 13.1. The number of hydrogen-bond donors (Lipinski definition) is 1. The van der Waals surface area contributed by atoms with Crippen LogP contribution in [-0.2, 0) is 11.2 Å². The van der Waals surface area contributed by atoms with Gasteiger partial charge in [0, 0.05) is 5.02 Å². The first-order valence-electron chi connectivity index (χ1n) is 6.52. The Morgan fingerprint density at radius 1 is 1.15 bits per heavy atom. The zero-order valence-electron chi connectivity index (χ0n) is 11.6. The Balaban J connectivity index is 2.38. The molecule has 2 aromatic rings. The van der Waals surface area contributed by atoms with Crippen LogP contribution in [0.3, 0.4) is 0 Å². The molecule has 2 aromatic carbocycles. The van der Waals surface area contributed by atoms with Gasteiger partial charge in [-0.15, -0.1) is 0 Å². The minimum Gasteiger partial charge on any atom is -0.481 e. The summed E-state index contributed by atoms with van der Waals surface area (Å²) >= 11 is 5.97. The fraction of sp³-hybridized carbons (Fsp3) is 0.235. The van der Waals surface area contributed by atoms with Gasteiger partial charge in [-0.3, -0.25) is 4.79 Å². The first-order valence-corrected chi connectivity index (χ1v) is 6.90. The minimum atomic E-state index is -0.824. The Hall–Kier alpha value is -1.80. The van der Waals surface area contributed by atoms with Crippen molar-refractivity contribution in [1.29, 1.82) is 0 Å². The van der Waals surface area contributed by atoms with Gasteiger partial charge in [-0.05, 0) is 54.7 Å². The number of carboxylic acid groups (broad SMARTS) is 1. The number of halogens is 1. The normalized spacial score (nSPS) is 12.2. The topological polar surface area (TPSA) is 37.3 Å². The lowest BCUT2D eigenvalue weighted by Crippen LogP contribution is -2.15. The van der Waals surface area contributed by atoms with Crippen molar-refractivity contribution in [2.45, 2.75) is 26.2 Å². The highest BCUT2D eigenvalue weighted by Crippen LogP contribution is 2.26. The van der Waals surface area contributed by atoms with Crippen molar-refractivity contribution in [1.82, 2.24) is 0 Å². The number of aryl methyl sites for hydroxylation is 2. The molecule has 0 fully saturated rings. The summed E-state index contributed by atoms with van der Waals surface area (Å²) < 4.78 is 0. The lowest BCUT2D eigenvalue weighted by molar-refractivity contribution is -0.138. The highest BCUT2D eigenvalue weighted by molar-refractivity contribution is 6.30. The van der Waals surface area contributed by atoms with E-state index >= 15 is 0 Å². The van der Waals surface area contributed by atoms with Gasteiger partial charge in [0.05, 0.1) is 5.92 Å². The molecule has 1 N–H and O–H groups in total. The van der Waals surface area contributed by atoms with Gasteiger partial charge in [-0.1, -0.05) is 41.9 Å². The second kappa shape index (κ2) is 6.10. The van der Waals surface area contributed by atoms with Gasteiger partial charge < -0.3 is 5.11 Å². The van der Waals surface area contributed by atoms with E-state index in [0.29, 0.717) is 11.4 Å². The first-order chi connectivity index (χ1) is 9.49. The molecule has 0 spiro atoms. The number of carbonyl (C=O) groups is 1. The monoisotopic (exact) mass is 288 g/mol. The highest BCUT2D eigenvalue weighted by atomic mass is 35.5. The average Bonchev–Trinajstić information content (AvgIpc) is 2.38. The lowest BCUT2D eigenvalue weighted by atomic mass is 9.88. The van der Waals surface area contributed by atoms with Gasteiger partial charge in [-0.25, -0.2) is 0 Å². The number of hydrogen-bond acceptors (Lipinski definition) is 1. The Bertz CT molecular complexity index is 614. The van der Waals surface area contributed by atoms with E-state index in [1.165, 1.54) is 0 Å². The summed E-state index contributed by atoms with van der Waals surface area (Å²) in [5, 5.41) is 10.1. The van der Waals surface area contributed by atoms with Crippen molar-refractivity contribution < 1.29 is 9.90 Å². The molecule has 0 aliphatic heterocycles. The van der Waals surface area contributed by atoms with Gasteiger partial charge in [0.15, 0.2) is 0 Å². The Morgan fingerprint density at radius 3 is 2.30 bits per heavy atom. The second-order valence-electron chi connectivity index (χ2n) is 5.02. The summed E-state index contributed by atoms with van der Waals surface area (Å²) in [4.78, 5) is 11.6. The molecule has 0 aliphatic carbocycles. The average molecular weight is 289 g/mol. The van der Waals surface area contributed by atoms with Crippen LogP contribution in [0, 0.1) is 13.8 Å². The quantitative estimate of drug-likeness (QED) is 0.907. The molecule has 0 saturated carbocycles. The van der Waals surface area contributed by atoms with Crippen LogP contribution in [0.4, 0.5) is 0 Å². The zero-order chi connectivity index (χ0) is 14.7. The number of rotatable bonds is 4. The smallest absolute Gasteiger partial charge is 0.311 e. The Morgan fingerprint density at radius 2 is 1.75 bits per heavy atom. The number of carboxylic acids is 1. The molecule has 0 heterocycles. The molecular formula is C17H17ClO2. The van der Waals surface area contributed by atoms with Crippen molar-refractivity contribution in [3.8, 4) is 0 Å². The summed E-state index contributed by atoms with van der Waals surface area (Å²) in [6.45, 7) is 4.03. The van der Waals surface area contributed by atoms with Crippen molar-refractivity contribution in [2.24, 2.45) is 0 Å². The number of benzene rings is 2. The van der Waals surface area contributed by atoms with Crippen LogP contribution < -0.4 is 0 Å². The summed E-state index contributed by atoms with van der Waals surface area (Å²) in [6.07, 6.45) is 0.480. The fourth-order valence-electron chi connectivity index (χ4n) is 2.45. The summed E-state index contributed by atoms with van der Waals surface area (Å²) in [5.74, 6) is -1.40. The largest absolute Gasteiger partial charge is 0.481 e. The van der Waals surface area contributed by atoms with Crippen LogP contribution in [0.5, 0.6) is 0 Å².